The van der Waals surface area contributed by atoms with Crippen LogP contribution >= 0.6 is 0 Å². The Kier molecular flexibility index (Phi) is 2.89. The summed E-state index contributed by atoms with van der Waals surface area (Å²) < 4.78 is 6.13. The number of fused-ring (bicyclic) bond motifs is 1. The Balaban J connectivity index is 1.81. The van der Waals surface area contributed by atoms with E-state index >= 15 is 0 Å². The average molecular weight is 244 g/mol. The number of rotatable bonds is 2. The smallest absolute Gasteiger partial charge is 0.150 e. The lowest BCUT2D eigenvalue weighted by Gasteiger charge is -2.38. The van der Waals surface area contributed by atoms with Crippen LogP contribution in [-0.2, 0) is 6.42 Å². The fourth-order valence-electron chi connectivity index (χ4n) is 3.41. The van der Waals surface area contributed by atoms with Crippen LogP contribution < -0.4 is 4.74 Å². The maximum absolute atomic E-state index is 10.8. The summed E-state index contributed by atoms with van der Waals surface area (Å²) in [6.07, 6.45) is 8.74. The first-order valence-electron chi connectivity index (χ1n) is 6.96. The summed E-state index contributed by atoms with van der Waals surface area (Å²) in [7, 11) is 0. The lowest BCUT2D eigenvalue weighted by Crippen LogP contribution is -2.37. The molecule has 96 valence electrons. The molecule has 2 nitrogen and oxygen atoms in total. The van der Waals surface area contributed by atoms with Gasteiger partial charge in [-0.1, -0.05) is 26.2 Å². The topological polar surface area (TPSA) is 26.3 Å². The molecule has 0 spiro atoms. The Morgan fingerprint density at radius 1 is 1.28 bits per heavy atom. The molecular weight excluding hydrogens is 224 g/mol. The molecule has 2 aliphatic rings. The molecule has 1 aromatic rings. The molecule has 1 fully saturated rings. The zero-order valence-corrected chi connectivity index (χ0v) is 10.9. The lowest BCUT2D eigenvalue weighted by molar-refractivity contribution is 0.0448. The number of benzene rings is 1. The lowest BCUT2D eigenvalue weighted by atomic mass is 9.71. The average Bonchev–Trinajstić information content (AvgIpc) is 2.83. The van der Waals surface area contributed by atoms with Gasteiger partial charge in [0.25, 0.3) is 0 Å². The number of hydrogen-bond donors (Lipinski definition) is 0. The van der Waals surface area contributed by atoms with Crippen molar-refractivity contribution in [3.8, 4) is 5.75 Å². The van der Waals surface area contributed by atoms with Gasteiger partial charge in [0, 0.05) is 17.4 Å². The van der Waals surface area contributed by atoms with Gasteiger partial charge in [-0.3, -0.25) is 4.79 Å². The third kappa shape index (κ3) is 1.94. The number of aldehydes is 1. The maximum Gasteiger partial charge on any atom is 0.150 e. The molecule has 1 aliphatic heterocycles. The molecule has 0 bridgehead atoms. The Morgan fingerprint density at radius 2 is 2.06 bits per heavy atom. The van der Waals surface area contributed by atoms with Gasteiger partial charge < -0.3 is 4.74 Å². The van der Waals surface area contributed by atoms with Crippen molar-refractivity contribution < 1.29 is 9.53 Å². The van der Waals surface area contributed by atoms with Crippen LogP contribution in [0.15, 0.2) is 18.2 Å². The van der Waals surface area contributed by atoms with Gasteiger partial charge in [0.15, 0.2) is 0 Å². The highest BCUT2D eigenvalue weighted by atomic mass is 16.5. The van der Waals surface area contributed by atoms with E-state index in [2.05, 4.69) is 6.92 Å². The molecule has 0 N–H and O–H groups in total. The highest BCUT2D eigenvalue weighted by molar-refractivity contribution is 5.75. The second kappa shape index (κ2) is 4.42. The van der Waals surface area contributed by atoms with Crippen molar-refractivity contribution in [1.82, 2.24) is 0 Å². The van der Waals surface area contributed by atoms with E-state index in [1.807, 2.05) is 18.2 Å². The number of carbonyl (C=O) groups excluding carboxylic acids is 1. The van der Waals surface area contributed by atoms with Crippen molar-refractivity contribution in [3.05, 3.63) is 29.3 Å². The monoisotopic (exact) mass is 244 g/mol. The Labute approximate surface area is 108 Å². The number of hydrogen-bond acceptors (Lipinski definition) is 2. The van der Waals surface area contributed by atoms with Gasteiger partial charge in [0.1, 0.15) is 18.1 Å². The molecule has 0 aromatic heterocycles. The van der Waals surface area contributed by atoms with Crippen molar-refractivity contribution in [2.45, 2.75) is 51.6 Å². The highest BCUT2D eigenvalue weighted by Gasteiger charge is 2.40. The molecule has 0 unspecified atom stereocenters. The van der Waals surface area contributed by atoms with E-state index in [-0.39, 0.29) is 0 Å². The van der Waals surface area contributed by atoms with Crippen LogP contribution in [0.3, 0.4) is 0 Å². The summed E-state index contributed by atoms with van der Waals surface area (Å²) in [6.45, 7) is 2.36. The van der Waals surface area contributed by atoms with Crippen molar-refractivity contribution in [2.75, 3.05) is 0 Å². The molecule has 1 aromatic carbocycles. The van der Waals surface area contributed by atoms with E-state index < -0.39 is 0 Å². The fourth-order valence-corrected chi connectivity index (χ4v) is 3.41. The highest BCUT2D eigenvalue weighted by Crippen LogP contribution is 2.45. The van der Waals surface area contributed by atoms with Crippen LogP contribution in [0.4, 0.5) is 0 Å². The van der Waals surface area contributed by atoms with Crippen LogP contribution in [-0.4, -0.2) is 12.4 Å². The van der Waals surface area contributed by atoms with Crippen LogP contribution in [0.2, 0.25) is 0 Å². The molecule has 1 atom stereocenters. The first-order valence-corrected chi connectivity index (χ1v) is 6.96. The van der Waals surface area contributed by atoms with Crippen molar-refractivity contribution in [3.63, 3.8) is 0 Å². The van der Waals surface area contributed by atoms with E-state index in [4.69, 9.17) is 4.74 Å². The Bertz CT molecular complexity index is 458. The quantitative estimate of drug-likeness (QED) is 0.740. The van der Waals surface area contributed by atoms with Crippen LogP contribution in [0, 0.1) is 5.41 Å². The van der Waals surface area contributed by atoms with Crippen LogP contribution in [0.5, 0.6) is 5.75 Å². The Hall–Kier alpha value is -1.31. The first-order chi connectivity index (χ1) is 8.71. The predicted octanol–water partition coefficient (Wildman–Crippen LogP) is 3.77. The van der Waals surface area contributed by atoms with E-state index in [0.29, 0.717) is 11.5 Å². The zero-order chi connectivity index (χ0) is 12.6. The largest absolute Gasteiger partial charge is 0.489 e. The van der Waals surface area contributed by atoms with E-state index in [1.54, 1.807) is 0 Å². The van der Waals surface area contributed by atoms with Crippen LogP contribution in [0.1, 0.15) is 54.9 Å². The van der Waals surface area contributed by atoms with E-state index in [1.165, 1.54) is 37.7 Å². The van der Waals surface area contributed by atoms with Gasteiger partial charge in [-0.2, -0.15) is 0 Å². The predicted molar refractivity (Wildman–Crippen MR) is 71.1 cm³/mol. The number of ether oxygens (including phenoxy) is 1. The third-order valence-corrected chi connectivity index (χ3v) is 4.67. The normalized spacial score (nSPS) is 25.3. The second-order valence-electron chi connectivity index (χ2n) is 6.01. The minimum atomic E-state index is 0.301. The molecule has 3 rings (SSSR count). The molecule has 1 saturated carbocycles. The third-order valence-electron chi connectivity index (χ3n) is 4.67. The minimum Gasteiger partial charge on any atom is -0.489 e. The van der Waals surface area contributed by atoms with Gasteiger partial charge in [-0.25, -0.2) is 0 Å². The minimum absolute atomic E-state index is 0.301. The summed E-state index contributed by atoms with van der Waals surface area (Å²) in [5.41, 5.74) is 2.28. The standard InChI is InChI=1S/C16H20O2/c1-16(7-3-2-4-8-16)15-10-13-9-12(11-17)5-6-14(13)18-15/h5-6,9,11,15H,2-4,7-8,10H2,1H3/t15-/m1/s1. The molecular formula is C16H20O2. The molecule has 1 aliphatic carbocycles. The summed E-state index contributed by atoms with van der Waals surface area (Å²) in [5.74, 6) is 0.984. The molecule has 0 radical (unpaired) electrons. The van der Waals surface area contributed by atoms with Gasteiger partial charge in [-0.05, 0) is 36.6 Å². The van der Waals surface area contributed by atoms with Gasteiger partial charge in [0.05, 0.1) is 0 Å². The van der Waals surface area contributed by atoms with Crippen molar-refractivity contribution >= 4 is 6.29 Å². The molecule has 0 amide bonds. The fraction of sp³-hybridized carbons (Fsp3) is 0.562. The SMILES string of the molecule is CC1([C@H]2Cc3cc(C=O)ccc3O2)CCCCC1. The van der Waals surface area contributed by atoms with E-state index in [0.717, 1.165) is 24.0 Å². The number of carbonyl (C=O) groups is 1. The van der Waals surface area contributed by atoms with Gasteiger partial charge >= 0.3 is 0 Å². The van der Waals surface area contributed by atoms with E-state index in [9.17, 15) is 4.79 Å². The first kappa shape index (κ1) is 11.8. The molecule has 2 heteroatoms. The van der Waals surface area contributed by atoms with Crippen molar-refractivity contribution in [2.24, 2.45) is 5.41 Å². The maximum atomic E-state index is 10.8. The second-order valence-corrected chi connectivity index (χ2v) is 6.01. The van der Waals surface area contributed by atoms with Gasteiger partial charge in [0.2, 0.25) is 0 Å². The molecule has 18 heavy (non-hydrogen) atoms. The summed E-state index contributed by atoms with van der Waals surface area (Å²) >= 11 is 0. The molecule has 1 heterocycles. The Morgan fingerprint density at radius 3 is 2.78 bits per heavy atom. The van der Waals surface area contributed by atoms with Crippen molar-refractivity contribution in [1.29, 1.82) is 0 Å². The summed E-state index contributed by atoms with van der Waals surface area (Å²) in [5, 5.41) is 0. The summed E-state index contributed by atoms with van der Waals surface area (Å²) in [6, 6.07) is 5.77. The zero-order valence-electron chi connectivity index (χ0n) is 10.9. The summed E-state index contributed by atoms with van der Waals surface area (Å²) in [4.78, 5) is 10.8. The van der Waals surface area contributed by atoms with Crippen LogP contribution in [0.25, 0.3) is 0 Å². The van der Waals surface area contributed by atoms with Gasteiger partial charge in [-0.15, -0.1) is 0 Å². The molecule has 0 saturated heterocycles.